The zero-order valence-electron chi connectivity index (χ0n) is 21.9. The Kier molecular flexibility index (Phi) is 6.91. The van der Waals surface area contributed by atoms with Crippen LogP contribution >= 0.6 is 12.2 Å². The van der Waals surface area contributed by atoms with Gasteiger partial charge in [-0.05, 0) is 60.7 Å². The van der Waals surface area contributed by atoms with Crippen molar-refractivity contribution in [2.75, 3.05) is 17.3 Å². The molecule has 4 aromatic rings. The summed E-state index contributed by atoms with van der Waals surface area (Å²) >= 11 is 5.91. The van der Waals surface area contributed by atoms with Crippen molar-refractivity contribution < 1.29 is 9.53 Å². The molecular formula is C30H31N5O2S. The molecule has 2 N–H and O–H groups in total. The van der Waals surface area contributed by atoms with Crippen molar-refractivity contribution in [1.29, 1.82) is 0 Å². The Balaban J connectivity index is 1.60. The molecule has 0 saturated carbocycles. The number of pyridine rings is 1. The van der Waals surface area contributed by atoms with Gasteiger partial charge in [0.25, 0.3) is 0 Å². The molecule has 194 valence electrons. The van der Waals surface area contributed by atoms with Crippen LogP contribution < -0.4 is 20.3 Å². The second kappa shape index (κ2) is 10.3. The van der Waals surface area contributed by atoms with E-state index in [-0.39, 0.29) is 18.0 Å². The summed E-state index contributed by atoms with van der Waals surface area (Å²) in [6, 6.07) is 25.6. The molecule has 0 unspecified atom stereocenters. The second-order valence-electron chi connectivity index (χ2n) is 10.2. The van der Waals surface area contributed by atoms with Gasteiger partial charge in [-0.3, -0.25) is 9.78 Å². The normalized spacial score (nSPS) is 17.3. The van der Waals surface area contributed by atoms with E-state index in [0.29, 0.717) is 16.5 Å². The molecule has 8 heteroatoms. The first-order chi connectivity index (χ1) is 18.3. The number of thiocarbonyl (C=S) groups is 1. The number of nitrogens with zero attached hydrogens (tertiary/aromatic N) is 3. The molecule has 0 aliphatic carbocycles. The van der Waals surface area contributed by atoms with E-state index in [4.69, 9.17) is 17.0 Å². The van der Waals surface area contributed by atoms with E-state index >= 15 is 0 Å². The third-order valence-electron chi connectivity index (χ3n) is 6.61. The maximum absolute atomic E-state index is 12.7. The van der Waals surface area contributed by atoms with Gasteiger partial charge in [-0.25, -0.2) is 0 Å². The summed E-state index contributed by atoms with van der Waals surface area (Å²) in [7, 11) is 1.60. The maximum atomic E-state index is 12.7. The number of hydrogen-bond donors (Lipinski definition) is 2. The lowest BCUT2D eigenvalue weighted by Gasteiger charge is -2.29. The van der Waals surface area contributed by atoms with Crippen LogP contribution in [0.1, 0.15) is 44.2 Å². The fourth-order valence-electron chi connectivity index (χ4n) is 4.64. The molecule has 2 aromatic carbocycles. The average Bonchev–Trinajstić information content (AvgIpc) is 3.53. The van der Waals surface area contributed by atoms with Crippen molar-refractivity contribution in [2.24, 2.45) is 5.41 Å². The first-order valence-electron chi connectivity index (χ1n) is 12.5. The van der Waals surface area contributed by atoms with Crippen molar-refractivity contribution in [3.63, 3.8) is 0 Å². The van der Waals surface area contributed by atoms with Crippen LogP contribution in [0.25, 0.3) is 5.69 Å². The Bertz CT molecular complexity index is 1450. The van der Waals surface area contributed by atoms with Gasteiger partial charge in [0, 0.05) is 40.9 Å². The van der Waals surface area contributed by atoms with Gasteiger partial charge < -0.3 is 24.8 Å². The molecule has 5 rings (SSSR count). The molecule has 2 aromatic heterocycles. The SMILES string of the molecule is COc1cc(N2C(=S)N[C@@H](c3ccccn3)[C@@H]2c2cccn2-c2ccccc2)ccc1NC(=O)C(C)(C)C. The minimum atomic E-state index is -0.534. The monoisotopic (exact) mass is 525 g/mol. The van der Waals surface area contributed by atoms with E-state index in [1.165, 1.54) is 0 Å². The molecule has 1 amide bonds. The first kappa shape index (κ1) is 25.5. The molecule has 1 fully saturated rings. The zero-order chi connectivity index (χ0) is 26.9. The number of anilines is 2. The summed E-state index contributed by atoms with van der Waals surface area (Å²) in [5.74, 6) is 0.470. The van der Waals surface area contributed by atoms with Crippen LogP contribution in [0.4, 0.5) is 11.4 Å². The highest BCUT2D eigenvalue weighted by atomic mass is 32.1. The fraction of sp³-hybridized carbons (Fsp3) is 0.233. The molecule has 38 heavy (non-hydrogen) atoms. The summed E-state index contributed by atoms with van der Waals surface area (Å²) in [5.41, 5.74) is 3.93. The van der Waals surface area contributed by atoms with E-state index in [2.05, 4.69) is 49.5 Å². The number of benzene rings is 2. The standard InChI is InChI=1S/C30H31N5O2S/c1-30(2,3)28(36)32-22-16-15-21(19-25(22)37-4)35-27(26(33-29(35)38)23-13-8-9-17-31-23)24-14-10-18-34(24)20-11-6-5-7-12-20/h5-19,26-27H,1-4H3,(H,32,36)(H,33,38)/t26-,27-/m0/s1. The average molecular weight is 526 g/mol. The van der Waals surface area contributed by atoms with Crippen LogP contribution in [-0.4, -0.2) is 27.7 Å². The molecule has 2 atom stereocenters. The van der Waals surface area contributed by atoms with E-state index in [1.807, 2.05) is 81.4 Å². The number of carbonyl (C=O) groups excluding carboxylic acids is 1. The van der Waals surface area contributed by atoms with Gasteiger partial charge in [-0.1, -0.05) is 45.0 Å². The maximum Gasteiger partial charge on any atom is 0.229 e. The van der Waals surface area contributed by atoms with Crippen LogP contribution in [-0.2, 0) is 4.79 Å². The lowest BCUT2D eigenvalue weighted by molar-refractivity contribution is -0.123. The van der Waals surface area contributed by atoms with Crippen molar-refractivity contribution in [2.45, 2.75) is 32.9 Å². The molecule has 0 bridgehead atoms. The highest BCUT2D eigenvalue weighted by Gasteiger charge is 2.42. The van der Waals surface area contributed by atoms with E-state index in [1.54, 1.807) is 13.3 Å². The predicted octanol–water partition coefficient (Wildman–Crippen LogP) is 6.04. The third-order valence-corrected chi connectivity index (χ3v) is 6.92. The van der Waals surface area contributed by atoms with E-state index < -0.39 is 5.41 Å². The number of para-hydroxylation sites is 1. The van der Waals surface area contributed by atoms with Gasteiger partial charge in [-0.2, -0.15) is 0 Å². The first-order valence-corrected chi connectivity index (χ1v) is 12.9. The quantitative estimate of drug-likeness (QED) is 0.299. The Hall–Kier alpha value is -4.17. The number of ether oxygens (including phenoxy) is 1. The molecule has 1 aliphatic rings. The van der Waals surface area contributed by atoms with E-state index in [9.17, 15) is 4.79 Å². The summed E-state index contributed by atoms with van der Waals surface area (Å²) < 4.78 is 7.88. The number of methoxy groups -OCH3 is 1. The molecule has 3 heterocycles. The lowest BCUT2D eigenvalue weighted by atomic mass is 9.95. The molecule has 7 nitrogen and oxygen atoms in total. The summed E-state index contributed by atoms with van der Waals surface area (Å²) in [6.07, 6.45) is 3.86. The van der Waals surface area contributed by atoms with Crippen molar-refractivity contribution in [3.05, 3.63) is 103 Å². The van der Waals surface area contributed by atoms with Crippen molar-refractivity contribution >= 4 is 34.6 Å². The Labute approximate surface area is 228 Å². The van der Waals surface area contributed by atoms with Gasteiger partial charge in [0.05, 0.1) is 24.5 Å². The smallest absolute Gasteiger partial charge is 0.229 e. The lowest BCUT2D eigenvalue weighted by Crippen LogP contribution is -2.30. The summed E-state index contributed by atoms with van der Waals surface area (Å²) in [4.78, 5) is 19.4. The van der Waals surface area contributed by atoms with Crippen LogP contribution in [0.15, 0.2) is 91.3 Å². The molecular weight excluding hydrogens is 494 g/mol. The van der Waals surface area contributed by atoms with Gasteiger partial charge in [0.2, 0.25) is 5.91 Å². The zero-order valence-corrected chi connectivity index (χ0v) is 22.7. The molecule has 1 aliphatic heterocycles. The number of nitrogens with one attached hydrogen (secondary N) is 2. The van der Waals surface area contributed by atoms with Crippen LogP contribution in [0, 0.1) is 5.41 Å². The van der Waals surface area contributed by atoms with Gasteiger partial charge in [0.1, 0.15) is 11.8 Å². The Morgan fingerprint density at radius 2 is 1.76 bits per heavy atom. The largest absolute Gasteiger partial charge is 0.494 e. The summed E-state index contributed by atoms with van der Waals surface area (Å²) in [6.45, 7) is 5.63. The number of carbonyl (C=O) groups is 1. The number of hydrogen-bond acceptors (Lipinski definition) is 4. The number of aromatic nitrogens is 2. The number of rotatable bonds is 6. The van der Waals surface area contributed by atoms with Crippen molar-refractivity contribution in [3.8, 4) is 11.4 Å². The highest BCUT2D eigenvalue weighted by molar-refractivity contribution is 7.80. The van der Waals surface area contributed by atoms with Crippen LogP contribution in [0.5, 0.6) is 5.75 Å². The fourth-order valence-corrected chi connectivity index (χ4v) is 4.98. The molecule has 0 radical (unpaired) electrons. The second-order valence-corrected chi connectivity index (χ2v) is 10.6. The predicted molar refractivity (Wildman–Crippen MR) is 155 cm³/mol. The molecule has 0 spiro atoms. The molecule has 1 saturated heterocycles. The minimum absolute atomic E-state index is 0.0873. The van der Waals surface area contributed by atoms with Gasteiger partial charge in [-0.15, -0.1) is 0 Å². The van der Waals surface area contributed by atoms with E-state index in [0.717, 1.165) is 22.8 Å². The van der Waals surface area contributed by atoms with Crippen molar-refractivity contribution in [1.82, 2.24) is 14.9 Å². The Morgan fingerprint density at radius 3 is 2.45 bits per heavy atom. The summed E-state index contributed by atoms with van der Waals surface area (Å²) in [5, 5.41) is 7.08. The third kappa shape index (κ3) is 4.87. The Morgan fingerprint density at radius 1 is 1.00 bits per heavy atom. The number of amides is 1. The topological polar surface area (TPSA) is 71.4 Å². The highest BCUT2D eigenvalue weighted by Crippen LogP contribution is 2.44. The van der Waals surface area contributed by atoms with Gasteiger partial charge >= 0.3 is 0 Å². The van der Waals surface area contributed by atoms with Crippen LogP contribution in [0.2, 0.25) is 0 Å². The minimum Gasteiger partial charge on any atom is -0.494 e. The van der Waals surface area contributed by atoms with Gasteiger partial charge in [0.15, 0.2) is 5.11 Å². The van der Waals surface area contributed by atoms with Crippen LogP contribution in [0.3, 0.4) is 0 Å².